The number of amides is 1. The molecule has 8 heteroatoms. The third-order valence-corrected chi connectivity index (χ3v) is 4.78. The molecule has 0 unspecified atom stereocenters. The number of carbonyl (C=O) groups is 1. The number of fused-ring (bicyclic) bond motifs is 1. The van der Waals surface area contributed by atoms with Gasteiger partial charge >= 0.3 is 0 Å². The summed E-state index contributed by atoms with van der Waals surface area (Å²) in [6, 6.07) is 11.0. The van der Waals surface area contributed by atoms with E-state index >= 15 is 0 Å². The number of aromatic nitrogens is 4. The molecular formula is C19H13BrClN5O. The summed E-state index contributed by atoms with van der Waals surface area (Å²) in [5.41, 5.74) is 2.96. The second-order valence-corrected chi connectivity index (χ2v) is 7.07. The Labute approximate surface area is 168 Å². The molecule has 0 saturated carbocycles. The molecule has 0 saturated heterocycles. The molecule has 0 radical (unpaired) electrons. The number of pyridine rings is 2. The first kappa shape index (κ1) is 17.6. The van der Waals surface area contributed by atoms with Crippen molar-refractivity contribution in [1.82, 2.24) is 25.1 Å². The smallest absolute Gasteiger partial charge is 0.253 e. The van der Waals surface area contributed by atoms with Gasteiger partial charge in [-0.2, -0.15) is 5.10 Å². The Hall–Kier alpha value is -2.77. The molecule has 3 heterocycles. The van der Waals surface area contributed by atoms with Crippen molar-refractivity contribution in [3.8, 4) is 5.69 Å². The minimum absolute atomic E-state index is 0.216. The van der Waals surface area contributed by atoms with Gasteiger partial charge in [0.2, 0.25) is 0 Å². The molecule has 4 aromatic rings. The Balaban J connectivity index is 1.61. The number of nitrogens with zero attached hydrogens (tertiary/aromatic N) is 4. The number of hydrogen-bond acceptors (Lipinski definition) is 4. The van der Waals surface area contributed by atoms with Gasteiger partial charge in [-0.1, -0.05) is 17.7 Å². The largest absolute Gasteiger partial charge is 0.348 e. The second kappa shape index (κ2) is 7.46. The van der Waals surface area contributed by atoms with Crippen LogP contribution < -0.4 is 5.32 Å². The normalized spacial score (nSPS) is 10.9. The fourth-order valence-electron chi connectivity index (χ4n) is 2.70. The van der Waals surface area contributed by atoms with E-state index in [1.165, 1.54) is 0 Å². The quantitative estimate of drug-likeness (QED) is 0.482. The maximum absolute atomic E-state index is 12.7. The van der Waals surface area contributed by atoms with Crippen molar-refractivity contribution in [1.29, 1.82) is 0 Å². The molecule has 27 heavy (non-hydrogen) atoms. The summed E-state index contributed by atoms with van der Waals surface area (Å²) >= 11 is 9.24. The first-order valence-electron chi connectivity index (χ1n) is 8.08. The zero-order valence-corrected chi connectivity index (χ0v) is 16.3. The summed E-state index contributed by atoms with van der Waals surface area (Å²) in [4.78, 5) is 21.0. The standard InChI is InChI=1S/C19H13BrClN5O/c20-18-6-1-12(7-23-18)8-24-19(27)16-9-22-11-17-15(16)10-25-26(17)14-4-2-13(21)3-5-14/h1-7,9-11H,8H2,(H,24,27). The van der Waals surface area contributed by atoms with Crippen molar-refractivity contribution in [2.75, 3.05) is 0 Å². The molecule has 1 N–H and O–H groups in total. The van der Waals surface area contributed by atoms with E-state index in [0.717, 1.165) is 26.8 Å². The molecule has 1 aromatic carbocycles. The molecule has 0 aliphatic rings. The van der Waals surface area contributed by atoms with Gasteiger partial charge < -0.3 is 5.32 Å². The molecule has 4 rings (SSSR count). The lowest BCUT2D eigenvalue weighted by molar-refractivity contribution is 0.0952. The van der Waals surface area contributed by atoms with Crippen LogP contribution in [0.15, 0.2) is 65.8 Å². The molecule has 1 amide bonds. The van der Waals surface area contributed by atoms with Crippen molar-refractivity contribution in [3.63, 3.8) is 0 Å². The number of carbonyl (C=O) groups excluding carboxylic acids is 1. The summed E-state index contributed by atoms with van der Waals surface area (Å²) in [6.45, 7) is 0.376. The predicted molar refractivity (Wildman–Crippen MR) is 107 cm³/mol. The minimum atomic E-state index is -0.216. The zero-order valence-electron chi connectivity index (χ0n) is 13.9. The topological polar surface area (TPSA) is 72.7 Å². The van der Waals surface area contributed by atoms with Gasteiger partial charge in [0.1, 0.15) is 4.60 Å². The lowest BCUT2D eigenvalue weighted by atomic mass is 10.1. The van der Waals surface area contributed by atoms with E-state index in [4.69, 9.17) is 11.6 Å². The summed E-state index contributed by atoms with van der Waals surface area (Å²) in [7, 11) is 0. The summed E-state index contributed by atoms with van der Waals surface area (Å²) in [5.74, 6) is -0.216. The van der Waals surface area contributed by atoms with Gasteiger partial charge in [-0.3, -0.25) is 9.78 Å². The van der Waals surface area contributed by atoms with Crippen LogP contribution in [0.5, 0.6) is 0 Å². The van der Waals surface area contributed by atoms with Crippen LogP contribution in [0.3, 0.4) is 0 Å². The van der Waals surface area contributed by atoms with Crippen LogP contribution >= 0.6 is 27.5 Å². The van der Waals surface area contributed by atoms with Crippen LogP contribution in [0.2, 0.25) is 5.02 Å². The van der Waals surface area contributed by atoms with Crippen LogP contribution in [0.4, 0.5) is 0 Å². The summed E-state index contributed by atoms with van der Waals surface area (Å²) < 4.78 is 2.48. The van der Waals surface area contributed by atoms with Crippen LogP contribution in [0.1, 0.15) is 15.9 Å². The SMILES string of the molecule is O=C(NCc1ccc(Br)nc1)c1cncc2c1cnn2-c1ccc(Cl)cc1. The first-order valence-corrected chi connectivity index (χ1v) is 9.25. The van der Waals surface area contributed by atoms with Crippen LogP contribution in [-0.2, 0) is 6.54 Å². The average molecular weight is 443 g/mol. The van der Waals surface area contributed by atoms with Gasteiger partial charge in [-0.15, -0.1) is 0 Å². The van der Waals surface area contributed by atoms with E-state index < -0.39 is 0 Å². The van der Waals surface area contributed by atoms with Crippen molar-refractivity contribution in [3.05, 3.63) is 81.9 Å². The molecular weight excluding hydrogens is 430 g/mol. The Bertz CT molecular complexity index is 1110. The van der Waals surface area contributed by atoms with Gasteiger partial charge in [0, 0.05) is 29.3 Å². The van der Waals surface area contributed by atoms with Gasteiger partial charge in [-0.05, 0) is 51.8 Å². The maximum atomic E-state index is 12.7. The summed E-state index contributed by atoms with van der Waals surface area (Å²) in [5, 5.41) is 8.68. The molecule has 0 atom stereocenters. The molecule has 0 spiro atoms. The fraction of sp³-hybridized carbons (Fsp3) is 0.0526. The van der Waals surface area contributed by atoms with E-state index in [2.05, 4.69) is 36.3 Å². The molecule has 0 bridgehead atoms. The molecule has 134 valence electrons. The highest BCUT2D eigenvalue weighted by Crippen LogP contribution is 2.22. The zero-order chi connectivity index (χ0) is 18.8. The number of halogens is 2. The Kier molecular flexibility index (Phi) is 4.87. The van der Waals surface area contributed by atoms with Gasteiger partial charge in [0.15, 0.2) is 0 Å². The van der Waals surface area contributed by atoms with E-state index in [-0.39, 0.29) is 5.91 Å². The van der Waals surface area contributed by atoms with E-state index in [0.29, 0.717) is 17.1 Å². The van der Waals surface area contributed by atoms with Crippen LogP contribution in [0, 0.1) is 0 Å². The fourth-order valence-corrected chi connectivity index (χ4v) is 3.06. The highest BCUT2D eigenvalue weighted by molar-refractivity contribution is 9.10. The van der Waals surface area contributed by atoms with Crippen LogP contribution in [-0.4, -0.2) is 25.7 Å². The van der Waals surface area contributed by atoms with Crippen molar-refractivity contribution in [2.24, 2.45) is 0 Å². The molecule has 0 fully saturated rings. The molecule has 3 aromatic heterocycles. The average Bonchev–Trinajstić information content (AvgIpc) is 3.12. The monoisotopic (exact) mass is 441 g/mol. The third kappa shape index (κ3) is 3.70. The van der Waals surface area contributed by atoms with Crippen molar-refractivity contribution >= 4 is 44.3 Å². The molecule has 0 aliphatic heterocycles. The lowest BCUT2D eigenvalue weighted by Crippen LogP contribution is -2.23. The number of rotatable bonds is 4. The number of hydrogen-bond donors (Lipinski definition) is 1. The lowest BCUT2D eigenvalue weighted by Gasteiger charge is -2.07. The highest BCUT2D eigenvalue weighted by Gasteiger charge is 2.14. The van der Waals surface area contributed by atoms with Crippen LogP contribution in [0.25, 0.3) is 16.6 Å². The number of nitrogens with one attached hydrogen (secondary N) is 1. The van der Waals surface area contributed by atoms with Gasteiger partial charge in [-0.25, -0.2) is 9.67 Å². The Morgan fingerprint density at radius 1 is 1.07 bits per heavy atom. The Morgan fingerprint density at radius 3 is 2.63 bits per heavy atom. The number of benzene rings is 1. The predicted octanol–water partition coefficient (Wildman–Crippen LogP) is 4.16. The van der Waals surface area contributed by atoms with Crippen molar-refractivity contribution in [2.45, 2.75) is 6.54 Å². The van der Waals surface area contributed by atoms with Gasteiger partial charge in [0.05, 0.1) is 29.2 Å². The van der Waals surface area contributed by atoms with E-state index in [9.17, 15) is 4.79 Å². The van der Waals surface area contributed by atoms with E-state index in [1.54, 1.807) is 41.6 Å². The third-order valence-electron chi connectivity index (χ3n) is 4.05. The second-order valence-electron chi connectivity index (χ2n) is 5.82. The first-order chi connectivity index (χ1) is 13.1. The Morgan fingerprint density at radius 2 is 1.89 bits per heavy atom. The van der Waals surface area contributed by atoms with Gasteiger partial charge in [0.25, 0.3) is 5.91 Å². The van der Waals surface area contributed by atoms with Crippen molar-refractivity contribution < 1.29 is 4.79 Å². The minimum Gasteiger partial charge on any atom is -0.348 e. The molecule has 6 nitrogen and oxygen atoms in total. The highest BCUT2D eigenvalue weighted by atomic mass is 79.9. The molecule has 0 aliphatic carbocycles. The maximum Gasteiger partial charge on any atom is 0.253 e. The van der Waals surface area contributed by atoms with E-state index in [1.807, 2.05) is 24.3 Å². The summed E-state index contributed by atoms with van der Waals surface area (Å²) in [6.07, 6.45) is 6.61.